The van der Waals surface area contributed by atoms with E-state index in [1.165, 1.54) is 18.2 Å². The van der Waals surface area contributed by atoms with E-state index in [9.17, 15) is 18.5 Å². The van der Waals surface area contributed by atoms with Gasteiger partial charge in [-0.25, -0.2) is 8.42 Å². The molecule has 2 aromatic rings. The fourth-order valence-electron chi connectivity index (χ4n) is 2.15. The van der Waals surface area contributed by atoms with Crippen molar-refractivity contribution >= 4 is 21.4 Å². The molecule has 0 fully saturated rings. The zero-order valence-electron chi connectivity index (χ0n) is 13.8. The topological polar surface area (TPSA) is 92.6 Å². The van der Waals surface area contributed by atoms with Crippen LogP contribution < -0.4 is 9.62 Å². The molecular weight excluding hydrogens is 342 g/mol. The van der Waals surface area contributed by atoms with Crippen LogP contribution in [-0.4, -0.2) is 34.0 Å². The van der Waals surface area contributed by atoms with Gasteiger partial charge in [-0.15, -0.1) is 0 Å². The van der Waals surface area contributed by atoms with Crippen LogP contribution in [-0.2, 0) is 10.0 Å². The predicted molar refractivity (Wildman–Crippen MR) is 95.9 cm³/mol. The minimum absolute atomic E-state index is 0.157. The summed E-state index contributed by atoms with van der Waals surface area (Å²) in [5.41, 5.74) is 1.20. The Balaban J connectivity index is 2.17. The lowest BCUT2D eigenvalue weighted by atomic mass is 10.1. The van der Waals surface area contributed by atoms with Crippen LogP contribution in [0, 0.1) is 22.0 Å². The second kappa shape index (κ2) is 7.79. The molecule has 1 N–H and O–H groups in total. The largest absolute Gasteiger partial charge is 0.377 e. The van der Waals surface area contributed by atoms with Gasteiger partial charge in [-0.1, -0.05) is 36.1 Å². The van der Waals surface area contributed by atoms with Gasteiger partial charge in [0.05, 0.1) is 17.2 Å². The van der Waals surface area contributed by atoms with E-state index in [1.54, 1.807) is 0 Å². The Morgan fingerprint density at radius 3 is 2.44 bits per heavy atom. The smallest absolute Gasteiger partial charge is 0.289 e. The van der Waals surface area contributed by atoms with Crippen LogP contribution in [0.5, 0.6) is 0 Å². The Morgan fingerprint density at radius 1 is 1.12 bits per heavy atom. The van der Waals surface area contributed by atoms with E-state index in [4.69, 9.17) is 0 Å². The van der Waals surface area contributed by atoms with Gasteiger partial charge in [-0.05, 0) is 18.2 Å². The van der Waals surface area contributed by atoms with Gasteiger partial charge in [-0.2, -0.15) is 4.72 Å². The molecule has 0 atom stereocenters. The second-order valence-corrected chi connectivity index (χ2v) is 7.00. The van der Waals surface area contributed by atoms with Crippen LogP contribution in [0.25, 0.3) is 0 Å². The van der Waals surface area contributed by atoms with E-state index < -0.39 is 20.6 Å². The lowest BCUT2D eigenvalue weighted by Gasteiger charge is -2.13. The first-order valence-electron chi connectivity index (χ1n) is 7.31. The van der Waals surface area contributed by atoms with Gasteiger partial charge >= 0.3 is 0 Å². The van der Waals surface area contributed by atoms with Crippen molar-refractivity contribution in [3.05, 3.63) is 64.2 Å². The molecule has 0 amide bonds. The molecule has 0 aliphatic rings. The molecule has 0 unspecified atom stereocenters. The highest BCUT2D eigenvalue weighted by Crippen LogP contribution is 2.22. The summed E-state index contributed by atoms with van der Waals surface area (Å²) >= 11 is 0. The van der Waals surface area contributed by atoms with E-state index in [1.807, 2.05) is 43.3 Å². The highest BCUT2D eigenvalue weighted by molar-refractivity contribution is 7.89. The quantitative estimate of drug-likeness (QED) is 0.501. The number of benzene rings is 2. The lowest BCUT2D eigenvalue weighted by molar-refractivity contribution is -0.387. The summed E-state index contributed by atoms with van der Waals surface area (Å²) in [6.45, 7) is -0.157. The maximum Gasteiger partial charge on any atom is 0.289 e. The summed E-state index contributed by atoms with van der Waals surface area (Å²) < 4.78 is 26.8. The first kappa shape index (κ1) is 18.4. The van der Waals surface area contributed by atoms with Crippen LogP contribution in [0.1, 0.15) is 5.56 Å². The Bertz CT molecular complexity index is 944. The molecule has 130 valence electrons. The lowest BCUT2D eigenvalue weighted by Crippen LogP contribution is -2.24. The molecule has 0 radical (unpaired) electrons. The summed E-state index contributed by atoms with van der Waals surface area (Å²) in [5.74, 6) is 5.64. The van der Waals surface area contributed by atoms with Crippen molar-refractivity contribution in [2.75, 3.05) is 25.5 Å². The molecule has 0 spiro atoms. The number of anilines is 1. The van der Waals surface area contributed by atoms with Crippen LogP contribution >= 0.6 is 0 Å². The highest BCUT2D eigenvalue weighted by Gasteiger charge is 2.24. The second-order valence-electron chi connectivity index (χ2n) is 5.26. The van der Waals surface area contributed by atoms with Crippen LogP contribution in [0.3, 0.4) is 0 Å². The van der Waals surface area contributed by atoms with Crippen molar-refractivity contribution in [1.82, 2.24) is 4.72 Å². The molecule has 0 heterocycles. The Labute approximate surface area is 146 Å². The number of hydrogen-bond acceptors (Lipinski definition) is 5. The van der Waals surface area contributed by atoms with Crippen LogP contribution in [0.4, 0.5) is 11.4 Å². The maximum absolute atomic E-state index is 12.3. The number of nitro groups is 1. The molecule has 2 aromatic carbocycles. The van der Waals surface area contributed by atoms with Crippen molar-refractivity contribution in [2.24, 2.45) is 0 Å². The van der Waals surface area contributed by atoms with Crippen molar-refractivity contribution in [3.8, 4) is 11.8 Å². The first-order chi connectivity index (χ1) is 11.8. The molecule has 0 aromatic heterocycles. The molecule has 2 rings (SSSR count). The molecule has 0 saturated heterocycles. The number of hydrogen-bond donors (Lipinski definition) is 1. The van der Waals surface area contributed by atoms with Gasteiger partial charge in [0.15, 0.2) is 4.90 Å². The molecule has 8 heteroatoms. The summed E-state index contributed by atoms with van der Waals surface area (Å²) in [7, 11) is -0.248. The highest BCUT2D eigenvalue weighted by atomic mass is 32.2. The standard InChI is InChI=1S/C17H17N3O4S/c1-19(2)15-10-4-3-8-14(15)9-7-13-18-25(23,24)17-12-6-5-11-16(17)20(21)22/h3-6,8,10-12,18H,13H2,1-2H3. The summed E-state index contributed by atoms with van der Waals surface area (Å²) in [4.78, 5) is 11.8. The predicted octanol–water partition coefficient (Wildman–Crippen LogP) is 1.99. The van der Waals surface area contributed by atoms with Crippen molar-refractivity contribution in [1.29, 1.82) is 0 Å². The minimum atomic E-state index is -4.02. The molecular formula is C17H17N3O4S. The number of rotatable bonds is 5. The van der Waals surface area contributed by atoms with Crippen molar-refractivity contribution < 1.29 is 13.3 Å². The third-order valence-electron chi connectivity index (χ3n) is 3.31. The third-order valence-corrected chi connectivity index (χ3v) is 4.76. The van der Waals surface area contributed by atoms with Crippen molar-refractivity contribution in [3.63, 3.8) is 0 Å². The first-order valence-corrected chi connectivity index (χ1v) is 8.79. The monoisotopic (exact) mass is 359 g/mol. The Morgan fingerprint density at radius 2 is 1.76 bits per heavy atom. The zero-order chi connectivity index (χ0) is 18.4. The fraction of sp³-hybridized carbons (Fsp3) is 0.176. The van der Waals surface area contributed by atoms with Gasteiger partial charge in [0.25, 0.3) is 5.69 Å². The molecule has 7 nitrogen and oxygen atoms in total. The zero-order valence-corrected chi connectivity index (χ0v) is 14.6. The Hall–Kier alpha value is -2.89. The van der Waals surface area contributed by atoms with Crippen LogP contribution in [0.15, 0.2) is 53.4 Å². The number of sulfonamides is 1. The maximum atomic E-state index is 12.3. The molecule has 25 heavy (non-hydrogen) atoms. The summed E-state index contributed by atoms with van der Waals surface area (Å²) in [6.07, 6.45) is 0. The Kier molecular flexibility index (Phi) is 5.75. The van der Waals surface area contributed by atoms with Crippen LogP contribution in [0.2, 0.25) is 0 Å². The molecule has 0 aliphatic carbocycles. The third kappa shape index (κ3) is 4.56. The minimum Gasteiger partial charge on any atom is -0.377 e. The van der Waals surface area contributed by atoms with Gasteiger partial charge in [0.1, 0.15) is 0 Å². The average Bonchev–Trinajstić information content (AvgIpc) is 2.59. The van der Waals surface area contributed by atoms with E-state index in [0.29, 0.717) is 0 Å². The molecule has 0 saturated carbocycles. The van der Waals surface area contributed by atoms with Crippen molar-refractivity contribution in [2.45, 2.75) is 4.90 Å². The fourth-order valence-corrected chi connectivity index (χ4v) is 3.25. The summed E-state index contributed by atoms with van der Waals surface area (Å²) in [5, 5.41) is 11.0. The van der Waals surface area contributed by atoms with E-state index in [2.05, 4.69) is 16.6 Å². The number of nitrogens with one attached hydrogen (secondary N) is 1. The SMILES string of the molecule is CN(C)c1ccccc1C#CCNS(=O)(=O)c1ccccc1[N+](=O)[O-]. The summed E-state index contributed by atoms with van der Waals surface area (Å²) in [6, 6.07) is 12.6. The van der Waals surface area contributed by atoms with Gasteiger partial charge in [-0.3, -0.25) is 10.1 Å². The van der Waals surface area contributed by atoms with Gasteiger partial charge in [0.2, 0.25) is 10.0 Å². The van der Waals surface area contributed by atoms with Gasteiger partial charge < -0.3 is 4.90 Å². The van der Waals surface area contributed by atoms with E-state index >= 15 is 0 Å². The van der Waals surface area contributed by atoms with E-state index in [-0.39, 0.29) is 11.4 Å². The van der Waals surface area contributed by atoms with Gasteiger partial charge in [0, 0.05) is 25.7 Å². The normalized spacial score (nSPS) is 10.6. The average molecular weight is 359 g/mol. The number of nitrogens with zero attached hydrogens (tertiary/aromatic N) is 2. The number of nitro benzene ring substituents is 1. The molecule has 0 bridgehead atoms. The number of para-hydroxylation sites is 2. The molecule has 0 aliphatic heterocycles. The van der Waals surface area contributed by atoms with E-state index in [0.717, 1.165) is 17.3 Å².